The molecule has 1 aromatic heterocycles. The molecule has 3 aromatic rings. The van der Waals surface area contributed by atoms with Gasteiger partial charge in [0.15, 0.2) is 0 Å². The summed E-state index contributed by atoms with van der Waals surface area (Å²) in [6.45, 7) is 0.0629. The van der Waals surface area contributed by atoms with E-state index in [0.29, 0.717) is 21.7 Å². The van der Waals surface area contributed by atoms with E-state index in [2.05, 4.69) is 20.8 Å². The number of amides is 1. The molecule has 0 atom stereocenters. The van der Waals surface area contributed by atoms with E-state index in [-0.39, 0.29) is 12.5 Å². The van der Waals surface area contributed by atoms with Crippen molar-refractivity contribution in [2.75, 3.05) is 23.8 Å². The first kappa shape index (κ1) is 17.2. The van der Waals surface area contributed by atoms with Crippen LogP contribution in [0.2, 0.25) is 10.0 Å². The number of carbonyl (C=O) groups excluding carboxylic acids is 1. The van der Waals surface area contributed by atoms with E-state index in [1.165, 1.54) is 0 Å². The Morgan fingerprint density at radius 2 is 1.92 bits per heavy atom. The molecule has 1 amide bonds. The van der Waals surface area contributed by atoms with Crippen molar-refractivity contribution < 1.29 is 4.79 Å². The van der Waals surface area contributed by atoms with Gasteiger partial charge in [-0.1, -0.05) is 46.5 Å². The van der Waals surface area contributed by atoms with Gasteiger partial charge in [-0.3, -0.25) is 4.79 Å². The highest BCUT2D eigenvalue weighted by atomic mass is 35.5. The van der Waals surface area contributed by atoms with Crippen LogP contribution in [0.5, 0.6) is 0 Å². The number of likely N-dealkylation sites (N-methyl/N-ethyl adjacent to an activating group) is 1. The van der Waals surface area contributed by atoms with Crippen molar-refractivity contribution in [3.8, 4) is 5.69 Å². The molecule has 0 aliphatic heterocycles. The molecule has 0 bridgehead atoms. The van der Waals surface area contributed by atoms with Gasteiger partial charge in [0.25, 0.3) is 5.95 Å². The summed E-state index contributed by atoms with van der Waals surface area (Å²) in [7, 11) is 1.74. The van der Waals surface area contributed by atoms with Crippen LogP contribution in [0.4, 0.5) is 11.6 Å². The van der Waals surface area contributed by atoms with Gasteiger partial charge in [0.1, 0.15) is 0 Å². The number of nitrogens with zero attached hydrogens (tertiary/aromatic N) is 5. The van der Waals surface area contributed by atoms with Gasteiger partial charge in [-0.15, -0.1) is 0 Å². The monoisotopic (exact) mass is 376 g/mol. The lowest BCUT2D eigenvalue weighted by Crippen LogP contribution is -2.32. The fourth-order valence-electron chi connectivity index (χ4n) is 2.22. The number of anilines is 2. The largest absolute Gasteiger partial charge is 0.333 e. The van der Waals surface area contributed by atoms with Crippen LogP contribution < -0.4 is 10.2 Å². The van der Waals surface area contributed by atoms with Gasteiger partial charge in [-0.25, -0.2) is 0 Å². The maximum atomic E-state index is 12.3. The first-order valence-electron chi connectivity index (χ1n) is 7.34. The summed E-state index contributed by atoms with van der Waals surface area (Å²) in [5, 5.41) is 15.2. The fraction of sp³-hybridized carbons (Fsp3) is 0.125. The van der Waals surface area contributed by atoms with Crippen molar-refractivity contribution in [1.82, 2.24) is 20.2 Å². The van der Waals surface area contributed by atoms with E-state index in [1.54, 1.807) is 34.8 Å². The molecule has 0 radical (unpaired) electrons. The molecule has 0 fully saturated rings. The highest BCUT2D eigenvalue weighted by molar-refractivity contribution is 6.42. The first-order chi connectivity index (χ1) is 12.0. The van der Waals surface area contributed by atoms with E-state index < -0.39 is 0 Å². The number of nitrogens with one attached hydrogen (secondary N) is 1. The third kappa shape index (κ3) is 4.07. The molecule has 1 N–H and O–H groups in total. The normalized spacial score (nSPS) is 10.5. The molecule has 9 heteroatoms. The molecule has 2 aromatic carbocycles. The minimum atomic E-state index is -0.233. The number of halogens is 2. The highest BCUT2D eigenvalue weighted by Crippen LogP contribution is 2.25. The zero-order chi connectivity index (χ0) is 17.8. The quantitative estimate of drug-likeness (QED) is 0.740. The van der Waals surface area contributed by atoms with Gasteiger partial charge in [0.2, 0.25) is 5.91 Å². The number of hydrogen-bond donors (Lipinski definition) is 1. The number of rotatable bonds is 5. The van der Waals surface area contributed by atoms with Crippen molar-refractivity contribution >= 4 is 40.7 Å². The third-order valence-electron chi connectivity index (χ3n) is 3.38. The van der Waals surface area contributed by atoms with Gasteiger partial charge in [-0.2, -0.15) is 4.68 Å². The van der Waals surface area contributed by atoms with Gasteiger partial charge < -0.3 is 10.2 Å². The lowest BCUT2D eigenvalue weighted by Gasteiger charge is -2.17. The van der Waals surface area contributed by atoms with Gasteiger partial charge in [-0.05, 0) is 40.8 Å². The summed E-state index contributed by atoms with van der Waals surface area (Å²) >= 11 is 11.8. The maximum Gasteiger partial charge on any atom is 0.250 e. The van der Waals surface area contributed by atoms with Gasteiger partial charge >= 0.3 is 0 Å². The van der Waals surface area contributed by atoms with Gasteiger partial charge in [0.05, 0.1) is 22.3 Å². The van der Waals surface area contributed by atoms with Crippen molar-refractivity contribution in [2.24, 2.45) is 0 Å². The summed E-state index contributed by atoms with van der Waals surface area (Å²) in [4.78, 5) is 13.9. The standard InChI is InChI=1S/C16H14Cl2N6O/c1-23(10-15(25)19-11-7-8-13(17)14(18)9-11)16-20-21-22-24(16)12-5-3-2-4-6-12/h2-9H,10H2,1H3,(H,19,25). The first-order valence-corrected chi connectivity index (χ1v) is 8.10. The smallest absolute Gasteiger partial charge is 0.250 e. The van der Waals surface area contributed by atoms with Crippen LogP contribution in [0, 0.1) is 0 Å². The minimum absolute atomic E-state index is 0.0629. The molecule has 0 saturated heterocycles. The Kier molecular flexibility index (Phi) is 5.16. The second-order valence-electron chi connectivity index (χ2n) is 5.26. The third-order valence-corrected chi connectivity index (χ3v) is 4.12. The summed E-state index contributed by atoms with van der Waals surface area (Å²) < 4.78 is 1.56. The molecule has 0 saturated carbocycles. The maximum absolute atomic E-state index is 12.3. The molecule has 128 valence electrons. The Labute approximate surface area is 154 Å². The van der Waals surface area contributed by atoms with Crippen molar-refractivity contribution in [2.45, 2.75) is 0 Å². The van der Waals surface area contributed by atoms with Crippen molar-refractivity contribution in [3.63, 3.8) is 0 Å². The summed E-state index contributed by atoms with van der Waals surface area (Å²) in [5.74, 6) is 0.221. The predicted molar refractivity (Wildman–Crippen MR) is 97.5 cm³/mol. The zero-order valence-corrected chi connectivity index (χ0v) is 14.7. The average Bonchev–Trinajstić information content (AvgIpc) is 3.09. The second-order valence-corrected chi connectivity index (χ2v) is 6.07. The summed E-state index contributed by atoms with van der Waals surface area (Å²) in [6, 6.07) is 14.3. The van der Waals surface area contributed by atoms with E-state index in [4.69, 9.17) is 23.2 Å². The van der Waals surface area contributed by atoms with Crippen LogP contribution in [0.1, 0.15) is 0 Å². The molecule has 3 rings (SSSR count). The summed E-state index contributed by atoms with van der Waals surface area (Å²) in [6.07, 6.45) is 0. The predicted octanol–water partition coefficient (Wildman–Crippen LogP) is 3.04. The second kappa shape index (κ2) is 7.50. The molecular weight excluding hydrogens is 363 g/mol. The average molecular weight is 377 g/mol. The van der Waals surface area contributed by atoms with Crippen LogP contribution >= 0.6 is 23.2 Å². The molecule has 0 spiro atoms. The van der Waals surface area contributed by atoms with E-state index >= 15 is 0 Å². The number of benzene rings is 2. The Morgan fingerprint density at radius 3 is 2.64 bits per heavy atom. The zero-order valence-electron chi connectivity index (χ0n) is 13.2. The van der Waals surface area contributed by atoms with Crippen molar-refractivity contribution in [1.29, 1.82) is 0 Å². The Hall–Kier alpha value is -2.64. The molecule has 25 heavy (non-hydrogen) atoms. The van der Waals surface area contributed by atoms with E-state index in [0.717, 1.165) is 5.69 Å². The Bertz CT molecular complexity index is 883. The lowest BCUT2D eigenvalue weighted by molar-refractivity contribution is -0.114. The van der Waals surface area contributed by atoms with Crippen molar-refractivity contribution in [3.05, 3.63) is 58.6 Å². The van der Waals surface area contributed by atoms with E-state index in [1.807, 2.05) is 30.3 Å². The Balaban J connectivity index is 1.70. The van der Waals surface area contributed by atoms with Crippen LogP contribution in [-0.2, 0) is 4.79 Å². The number of tetrazole rings is 1. The van der Waals surface area contributed by atoms with Crippen LogP contribution in [-0.4, -0.2) is 39.7 Å². The SMILES string of the molecule is CN(CC(=O)Nc1ccc(Cl)c(Cl)c1)c1nnnn1-c1ccccc1. The Morgan fingerprint density at radius 1 is 1.16 bits per heavy atom. The van der Waals surface area contributed by atoms with Crippen LogP contribution in [0.15, 0.2) is 48.5 Å². The topological polar surface area (TPSA) is 75.9 Å². The molecular formula is C16H14Cl2N6O. The van der Waals surface area contributed by atoms with E-state index in [9.17, 15) is 4.79 Å². The molecule has 0 aliphatic rings. The van der Waals surface area contributed by atoms with Crippen LogP contribution in [0.3, 0.4) is 0 Å². The fourth-order valence-corrected chi connectivity index (χ4v) is 2.52. The highest BCUT2D eigenvalue weighted by Gasteiger charge is 2.16. The van der Waals surface area contributed by atoms with Crippen LogP contribution in [0.25, 0.3) is 5.69 Å². The number of carbonyl (C=O) groups is 1. The number of aromatic nitrogens is 4. The number of hydrogen-bond acceptors (Lipinski definition) is 5. The van der Waals surface area contributed by atoms with Gasteiger partial charge in [0, 0.05) is 12.7 Å². The minimum Gasteiger partial charge on any atom is -0.333 e. The molecule has 1 heterocycles. The summed E-state index contributed by atoms with van der Waals surface area (Å²) in [5.41, 5.74) is 1.37. The molecule has 7 nitrogen and oxygen atoms in total. The molecule has 0 unspecified atom stereocenters. The lowest BCUT2D eigenvalue weighted by atomic mass is 10.3. The molecule has 0 aliphatic carbocycles. The number of para-hydroxylation sites is 1.